The lowest BCUT2D eigenvalue weighted by Crippen LogP contribution is -2.20. The van der Waals surface area contributed by atoms with Gasteiger partial charge in [-0.2, -0.15) is 4.98 Å². The largest absolute Gasteiger partial charge is 0.294 e. The van der Waals surface area contributed by atoms with E-state index in [1.807, 2.05) is 6.07 Å². The van der Waals surface area contributed by atoms with E-state index in [0.29, 0.717) is 22.9 Å². The number of benzene rings is 1. The van der Waals surface area contributed by atoms with Crippen LogP contribution in [0.3, 0.4) is 0 Å². The second-order valence-electron chi connectivity index (χ2n) is 7.06. The molecule has 0 bridgehead atoms. The first-order chi connectivity index (χ1) is 13.7. The molecule has 0 N–H and O–H groups in total. The normalized spacial score (nSPS) is 16.5. The Balaban J connectivity index is 1.40. The number of aromatic nitrogens is 4. The molecule has 1 unspecified atom stereocenters. The molecule has 5 rings (SSSR count). The Kier molecular flexibility index (Phi) is 4.49. The van der Waals surface area contributed by atoms with Crippen LogP contribution in [-0.2, 0) is 12.2 Å². The zero-order valence-electron chi connectivity index (χ0n) is 15.3. The summed E-state index contributed by atoms with van der Waals surface area (Å²) in [5.74, 6) is 1.72. The van der Waals surface area contributed by atoms with Gasteiger partial charge in [-0.15, -0.1) is 16.4 Å². The van der Waals surface area contributed by atoms with Gasteiger partial charge in [0.2, 0.25) is 5.16 Å². The number of hydrogen-bond donors (Lipinski definition) is 0. The standard InChI is InChI=1S/C21H18N4OS2/c1-13-4-6-14(7-5-13)12-28-21-23-20-22-17-9-15(19-3-2-8-27-19)10-18(26)16(17)11-25(20)24-21/h2-8,11,15H,9-10,12H2,1H3. The smallest absolute Gasteiger partial charge is 0.253 e. The van der Waals surface area contributed by atoms with Crippen molar-refractivity contribution < 1.29 is 4.79 Å². The minimum atomic E-state index is 0.137. The van der Waals surface area contributed by atoms with Gasteiger partial charge in [-0.3, -0.25) is 4.79 Å². The molecule has 1 aromatic carbocycles. The lowest BCUT2D eigenvalue weighted by Gasteiger charge is -2.21. The Labute approximate surface area is 170 Å². The van der Waals surface area contributed by atoms with Crippen LogP contribution in [0.4, 0.5) is 0 Å². The summed E-state index contributed by atoms with van der Waals surface area (Å²) in [6.07, 6.45) is 3.11. The summed E-state index contributed by atoms with van der Waals surface area (Å²) in [5, 5.41) is 7.25. The summed E-state index contributed by atoms with van der Waals surface area (Å²) in [7, 11) is 0. The topological polar surface area (TPSA) is 60.1 Å². The minimum absolute atomic E-state index is 0.137. The predicted molar refractivity (Wildman–Crippen MR) is 111 cm³/mol. The number of ketones is 1. The van der Waals surface area contributed by atoms with Crippen LogP contribution >= 0.6 is 23.1 Å². The van der Waals surface area contributed by atoms with Gasteiger partial charge in [0.1, 0.15) is 0 Å². The quantitative estimate of drug-likeness (QED) is 0.460. The Morgan fingerprint density at radius 2 is 2.04 bits per heavy atom. The van der Waals surface area contributed by atoms with E-state index < -0.39 is 0 Å². The molecule has 3 heterocycles. The highest BCUT2D eigenvalue weighted by Gasteiger charge is 2.29. The first-order valence-corrected chi connectivity index (χ1v) is 11.0. The molecule has 7 heteroatoms. The van der Waals surface area contributed by atoms with Crippen molar-refractivity contribution in [2.45, 2.75) is 36.6 Å². The number of nitrogens with zero attached hydrogens (tertiary/aromatic N) is 4. The molecule has 0 amide bonds. The number of carbonyl (C=O) groups excluding carboxylic acids is 1. The molecule has 0 spiro atoms. The number of fused-ring (bicyclic) bond motifs is 2. The molecular formula is C21H18N4OS2. The summed E-state index contributed by atoms with van der Waals surface area (Å²) >= 11 is 3.28. The summed E-state index contributed by atoms with van der Waals surface area (Å²) in [6, 6.07) is 12.6. The molecule has 1 atom stereocenters. The van der Waals surface area contributed by atoms with Crippen LogP contribution in [0.2, 0.25) is 0 Å². The highest BCUT2D eigenvalue weighted by atomic mass is 32.2. The monoisotopic (exact) mass is 406 g/mol. The molecule has 0 saturated carbocycles. The van der Waals surface area contributed by atoms with Crippen molar-refractivity contribution in [1.82, 2.24) is 19.6 Å². The number of rotatable bonds is 4. The van der Waals surface area contributed by atoms with E-state index in [-0.39, 0.29) is 11.7 Å². The maximum Gasteiger partial charge on any atom is 0.253 e. The first kappa shape index (κ1) is 17.6. The van der Waals surface area contributed by atoms with Gasteiger partial charge >= 0.3 is 0 Å². The zero-order valence-corrected chi connectivity index (χ0v) is 17.0. The predicted octanol–water partition coefficient (Wildman–Crippen LogP) is 4.70. The van der Waals surface area contributed by atoms with E-state index in [4.69, 9.17) is 0 Å². The third-order valence-electron chi connectivity index (χ3n) is 5.00. The molecule has 0 fully saturated rings. The molecule has 0 aliphatic heterocycles. The first-order valence-electron chi connectivity index (χ1n) is 9.17. The third-order valence-corrected chi connectivity index (χ3v) is 6.94. The Morgan fingerprint density at radius 3 is 2.82 bits per heavy atom. The summed E-state index contributed by atoms with van der Waals surface area (Å²) < 4.78 is 1.64. The van der Waals surface area contributed by atoms with Gasteiger partial charge < -0.3 is 0 Å². The van der Waals surface area contributed by atoms with Crippen LogP contribution in [0.25, 0.3) is 5.78 Å². The van der Waals surface area contributed by atoms with Gasteiger partial charge in [-0.25, -0.2) is 9.50 Å². The van der Waals surface area contributed by atoms with Crippen molar-refractivity contribution in [3.8, 4) is 0 Å². The van der Waals surface area contributed by atoms with E-state index in [1.165, 1.54) is 16.0 Å². The fraction of sp³-hybridized carbons (Fsp3) is 0.238. The Morgan fingerprint density at radius 1 is 1.18 bits per heavy atom. The van der Waals surface area contributed by atoms with Gasteiger partial charge in [0, 0.05) is 29.2 Å². The zero-order chi connectivity index (χ0) is 19.1. The summed E-state index contributed by atoms with van der Waals surface area (Å²) in [4.78, 5) is 23.2. The Hall–Kier alpha value is -2.51. The van der Waals surface area contributed by atoms with Crippen molar-refractivity contribution in [3.05, 3.63) is 75.2 Å². The van der Waals surface area contributed by atoms with Gasteiger partial charge in [0.15, 0.2) is 5.78 Å². The fourth-order valence-corrected chi connectivity index (χ4v) is 5.09. The number of carbonyl (C=O) groups is 1. The summed E-state index contributed by atoms with van der Waals surface area (Å²) in [5.41, 5.74) is 4.00. The SMILES string of the molecule is Cc1ccc(CSc2nc3nc4c(cn3n2)C(=O)CC(c2cccs2)C4)cc1. The minimum Gasteiger partial charge on any atom is -0.294 e. The average molecular weight is 407 g/mol. The fourth-order valence-electron chi connectivity index (χ4n) is 3.48. The Bertz CT molecular complexity index is 1150. The van der Waals surface area contributed by atoms with Crippen LogP contribution in [0.15, 0.2) is 53.1 Å². The molecule has 4 aromatic rings. The molecule has 140 valence electrons. The van der Waals surface area contributed by atoms with Crippen molar-refractivity contribution in [1.29, 1.82) is 0 Å². The molecule has 5 nitrogen and oxygen atoms in total. The van der Waals surface area contributed by atoms with Gasteiger partial charge in [-0.05, 0) is 30.4 Å². The van der Waals surface area contributed by atoms with Crippen LogP contribution in [0.5, 0.6) is 0 Å². The van der Waals surface area contributed by atoms with E-state index in [1.54, 1.807) is 33.8 Å². The third kappa shape index (κ3) is 3.36. The second kappa shape index (κ2) is 7.14. The molecule has 0 saturated heterocycles. The number of thiophene rings is 1. The van der Waals surface area contributed by atoms with Crippen LogP contribution < -0.4 is 0 Å². The lowest BCUT2D eigenvalue weighted by molar-refractivity contribution is 0.0963. The maximum atomic E-state index is 12.7. The highest BCUT2D eigenvalue weighted by Crippen LogP contribution is 2.34. The summed E-state index contributed by atoms with van der Waals surface area (Å²) in [6.45, 7) is 2.08. The molecule has 1 aliphatic rings. The molecule has 1 aliphatic carbocycles. The van der Waals surface area contributed by atoms with E-state index in [2.05, 4.69) is 57.7 Å². The van der Waals surface area contributed by atoms with E-state index >= 15 is 0 Å². The van der Waals surface area contributed by atoms with E-state index in [0.717, 1.165) is 17.9 Å². The number of thioether (sulfide) groups is 1. The van der Waals surface area contributed by atoms with Crippen LogP contribution in [0, 0.1) is 6.92 Å². The maximum absolute atomic E-state index is 12.7. The lowest BCUT2D eigenvalue weighted by atomic mass is 9.86. The molecular weight excluding hydrogens is 388 g/mol. The van der Waals surface area contributed by atoms with Crippen molar-refractivity contribution in [3.63, 3.8) is 0 Å². The van der Waals surface area contributed by atoms with Gasteiger partial charge in [0.25, 0.3) is 5.78 Å². The molecule has 28 heavy (non-hydrogen) atoms. The molecule has 0 radical (unpaired) electrons. The number of aryl methyl sites for hydroxylation is 1. The van der Waals surface area contributed by atoms with Crippen molar-refractivity contribution in [2.24, 2.45) is 0 Å². The van der Waals surface area contributed by atoms with Crippen LogP contribution in [0.1, 0.15) is 44.4 Å². The van der Waals surface area contributed by atoms with Gasteiger partial charge in [0.05, 0.1) is 11.3 Å². The van der Waals surface area contributed by atoms with Crippen molar-refractivity contribution >= 4 is 34.7 Å². The average Bonchev–Trinajstić information content (AvgIpc) is 3.35. The molecule has 3 aromatic heterocycles. The van der Waals surface area contributed by atoms with Crippen molar-refractivity contribution in [2.75, 3.05) is 0 Å². The van der Waals surface area contributed by atoms with Crippen LogP contribution in [-0.4, -0.2) is 25.4 Å². The van der Waals surface area contributed by atoms with Gasteiger partial charge in [-0.1, -0.05) is 47.7 Å². The number of hydrogen-bond acceptors (Lipinski definition) is 6. The van der Waals surface area contributed by atoms with E-state index in [9.17, 15) is 4.79 Å². The second-order valence-corrected chi connectivity index (χ2v) is 8.98. The highest BCUT2D eigenvalue weighted by molar-refractivity contribution is 7.98. The number of Topliss-reactive ketones (excluding diaryl/α,β-unsaturated/α-hetero) is 1.